The standard InChI is InChI=1S/C29H28N4O2S/c1-19-14-15-25(35-4)26-27(19)36-29(31-26)33(17-16-32(2)3)28(34)22-18-24(20-10-6-5-7-11-20)30-23-13-9-8-12-21(22)23/h5-15,18H,16-17H2,1-4H3. The second-order valence-corrected chi connectivity index (χ2v) is 9.93. The number of methoxy groups -OCH3 is 1. The van der Waals surface area contributed by atoms with Crippen LogP contribution in [-0.2, 0) is 0 Å². The molecule has 0 unspecified atom stereocenters. The van der Waals surface area contributed by atoms with E-state index < -0.39 is 0 Å². The Hall–Kier alpha value is -3.81. The molecule has 0 aliphatic rings. The third-order valence-corrected chi connectivity index (χ3v) is 7.39. The average Bonchev–Trinajstić information content (AvgIpc) is 3.34. The Morgan fingerprint density at radius 3 is 2.44 bits per heavy atom. The molecule has 0 radical (unpaired) electrons. The summed E-state index contributed by atoms with van der Waals surface area (Å²) in [5, 5.41) is 1.48. The summed E-state index contributed by atoms with van der Waals surface area (Å²) < 4.78 is 6.59. The molecular weight excluding hydrogens is 468 g/mol. The maximum atomic E-state index is 14.3. The van der Waals surface area contributed by atoms with Crippen molar-refractivity contribution in [1.82, 2.24) is 14.9 Å². The lowest BCUT2D eigenvalue weighted by molar-refractivity contribution is 0.0986. The zero-order valence-corrected chi connectivity index (χ0v) is 21.7. The number of anilines is 1. The van der Waals surface area contributed by atoms with Gasteiger partial charge in [-0.15, -0.1) is 0 Å². The number of amides is 1. The number of hydrogen-bond donors (Lipinski definition) is 0. The molecule has 0 saturated heterocycles. The number of hydrogen-bond acceptors (Lipinski definition) is 6. The van der Waals surface area contributed by atoms with Gasteiger partial charge in [0.1, 0.15) is 11.3 Å². The molecule has 1 amide bonds. The van der Waals surface area contributed by atoms with Crippen LogP contribution in [0.5, 0.6) is 5.75 Å². The summed E-state index contributed by atoms with van der Waals surface area (Å²) in [4.78, 5) is 27.9. The van der Waals surface area contributed by atoms with Gasteiger partial charge in [0.25, 0.3) is 5.91 Å². The Morgan fingerprint density at radius 1 is 0.944 bits per heavy atom. The minimum absolute atomic E-state index is 0.0942. The highest BCUT2D eigenvalue weighted by atomic mass is 32.1. The van der Waals surface area contributed by atoms with E-state index in [1.165, 1.54) is 11.3 Å². The fourth-order valence-electron chi connectivity index (χ4n) is 4.22. The number of carbonyl (C=O) groups excluding carboxylic acids is 1. The Bertz CT molecular complexity index is 1550. The number of para-hydroxylation sites is 1. The number of nitrogens with zero attached hydrogens (tertiary/aromatic N) is 4. The molecule has 0 fully saturated rings. The highest BCUT2D eigenvalue weighted by Gasteiger charge is 2.25. The van der Waals surface area contributed by atoms with Crippen LogP contribution in [0.25, 0.3) is 32.4 Å². The molecule has 0 aliphatic carbocycles. The zero-order valence-electron chi connectivity index (χ0n) is 20.9. The van der Waals surface area contributed by atoms with Gasteiger partial charge in [-0.2, -0.15) is 0 Å². The van der Waals surface area contributed by atoms with E-state index in [0.717, 1.165) is 37.9 Å². The van der Waals surface area contributed by atoms with Crippen LogP contribution in [0.1, 0.15) is 15.9 Å². The van der Waals surface area contributed by atoms with Gasteiger partial charge in [-0.05, 0) is 44.8 Å². The fraction of sp³-hybridized carbons (Fsp3) is 0.207. The van der Waals surface area contributed by atoms with E-state index in [2.05, 4.69) is 11.8 Å². The summed E-state index contributed by atoms with van der Waals surface area (Å²) >= 11 is 1.52. The van der Waals surface area contributed by atoms with Gasteiger partial charge in [0.2, 0.25) is 0 Å². The molecule has 0 atom stereocenters. The molecule has 6 nitrogen and oxygen atoms in total. The van der Waals surface area contributed by atoms with Crippen molar-refractivity contribution in [1.29, 1.82) is 0 Å². The molecule has 2 aromatic heterocycles. The van der Waals surface area contributed by atoms with Crippen molar-refractivity contribution in [3.05, 3.63) is 83.9 Å². The molecule has 0 saturated carbocycles. The van der Waals surface area contributed by atoms with Crippen molar-refractivity contribution in [3.8, 4) is 17.0 Å². The molecule has 7 heteroatoms. The van der Waals surface area contributed by atoms with Crippen LogP contribution < -0.4 is 9.64 Å². The largest absolute Gasteiger partial charge is 0.494 e. The number of fused-ring (bicyclic) bond motifs is 2. The van der Waals surface area contributed by atoms with Crippen LogP contribution in [0.3, 0.4) is 0 Å². The highest BCUT2D eigenvalue weighted by Crippen LogP contribution is 2.37. The van der Waals surface area contributed by atoms with Gasteiger partial charge in [0, 0.05) is 24.0 Å². The number of likely N-dealkylation sites (N-methyl/N-ethyl adjacent to an activating group) is 1. The van der Waals surface area contributed by atoms with Gasteiger partial charge in [-0.1, -0.05) is 65.9 Å². The van der Waals surface area contributed by atoms with E-state index >= 15 is 0 Å². The summed E-state index contributed by atoms with van der Waals surface area (Å²) in [7, 11) is 5.65. The summed E-state index contributed by atoms with van der Waals surface area (Å²) in [6, 6.07) is 23.6. The highest BCUT2D eigenvalue weighted by molar-refractivity contribution is 7.22. The van der Waals surface area contributed by atoms with E-state index in [9.17, 15) is 4.79 Å². The van der Waals surface area contributed by atoms with Gasteiger partial charge in [-0.25, -0.2) is 9.97 Å². The Kier molecular flexibility index (Phi) is 6.67. The number of rotatable bonds is 7. The number of thiazole rings is 1. The lowest BCUT2D eigenvalue weighted by Crippen LogP contribution is -2.37. The monoisotopic (exact) mass is 496 g/mol. The van der Waals surface area contributed by atoms with E-state index in [0.29, 0.717) is 29.5 Å². The predicted octanol–water partition coefficient (Wildman–Crippen LogP) is 6.04. The first-order chi connectivity index (χ1) is 17.5. The summed E-state index contributed by atoms with van der Waals surface area (Å²) in [5.41, 5.74) is 5.03. The second-order valence-electron chi connectivity index (χ2n) is 8.96. The maximum absolute atomic E-state index is 14.3. The molecule has 182 valence electrons. The number of pyridine rings is 1. The first-order valence-corrected chi connectivity index (χ1v) is 12.6. The van der Waals surface area contributed by atoms with Crippen LogP contribution in [-0.4, -0.2) is 55.1 Å². The number of aryl methyl sites for hydroxylation is 1. The molecule has 5 rings (SSSR count). The van der Waals surface area contributed by atoms with E-state index in [1.807, 2.05) is 86.9 Å². The zero-order chi connectivity index (χ0) is 25.2. The van der Waals surface area contributed by atoms with Gasteiger partial charge >= 0.3 is 0 Å². The fourth-order valence-corrected chi connectivity index (χ4v) is 5.29. The summed E-state index contributed by atoms with van der Waals surface area (Å²) in [5.74, 6) is 0.613. The first kappa shape index (κ1) is 23.9. The minimum atomic E-state index is -0.0942. The van der Waals surface area contributed by atoms with Crippen molar-refractivity contribution < 1.29 is 9.53 Å². The lowest BCUT2D eigenvalue weighted by Gasteiger charge is -2.23. The average molecular weight is 497 g/mol. The first-order valence-electron chi connectivity index (χ1n) is 11.8. The van der Waals surface area contributed by atoms with Crippen LogP contribution in [0.2, 0.25) is 0 Å². The molecule has 36 heavy (non-hydrogen) atoms. The van der Waals surface area contributed by atoms with Gasteiger partial charge in [0.05, 0.1) is 28.6 Å². The number of aromatic nitrogens is 2. The van der Waals surface area contributed by atoms with Crippen LogP contribution in [0, 0.1) is 6.92 Å². The van der Waals surface area contributed by atoms with Gasteiger partial charge in [-0.3, -0.25) is 9.69 Å². The van der Waals surface area contributed by atoms with Crippen molar-refractivity contribution >= 4 is 43.5 Å². The van der Waals surface area contributed by atoms with Crippen molar-refractivity contribution in [2.45, 2.75) is 6.92 Å². The van der Waals surface area contributed by atoms with Crippen molar-refractivity contribution in [2.75, 3.05) is 39.2 Å². The minimum Gasteiger partial charge on any atom is -0.494 e. The van der Waals surface area contributed by atoms with Crippen molar-refractivity contribution in [3.63, 3.8) is 0 Å². The third kappa shape index (κ3) is 4.55. The quantitative estimate of drug-likeness (QED) is 0.275. The van der Waals surface area contributed by atoms with Gasteiger partial charge < -0.3 is 9.64 Å². The molecule has 0 spiro atoms. The Morgan fingerprint density at radius 2 is 1.69 bits per heavy atom. The molecular formula is C29H28N4O2S. The predicted molar refractivity (Wildman–Crippen MR) is 148 cm³/mol. The normalized spacial score (nSPS) is 11.4. The summed E-state index contributed by atoms with van der Waals surface area (Å²) in [6.07, 6.45) is 0. The Labute approximate surface area is 214 Å². The SMILES string of the molecule is COc1ccc(C)c2sc(N(CCN(C)C)C(=O)c3cc(-c4ccccc4)nc4ccccc34)nc12. The van der Waals surface area contributed by atoms with Crippen molar-refractivity contribution in [2.24, 2.45) is 0 Å². The van der Waals surface area contributed by atoms with Crippen LogP contribution in [0.15, 0.2) is 72.8 Å². The summed E-state index contributed by atoms with van der Waals surface area (Å²) in [6.45, 7) is 3.26. The van der Waals surface area contributed by atoms with E-state index in [1.54, 1.807) is 12.0 Å². The molecule has 0 bridgehead atoms. The lowest BCUT2D eigenvalue weighted by atomic mass is 10.0. The molecule has 0 aliphatic heterocycles. The smallest absolute Gasteiger partial charge is 0.260 e. The van der Waals surface area contributed by atoms with E-state index in [-0.39, 0.29) is 5.91 Å². The van der Waals surface area contributed by atoms with Crippen LogP contribution in [0.4, 0.5) is 5.13 Å². The number of benzene rings is 3. The number of ether oxygens (including phenoxy) is 1. The number of carbonyl (C=O) groups is 1. The third-order valence-electron chi connectivity index (χ3n) is 6.18. The second kappa shape index (κ2) is 10.0. The molecule has 2 heterocycles. The molecule has 5 aromatic rings. The Balaban J connectivity index is 1.67. The maximum Gasteiger partial charge on any atom is 0.260 e. The van der Waals surface area contributed by atoms with Crippen LogP contribution >= 0.6 is 11.3 Å². The van der Waals surface area contributed by atoms with Gasteiger partial charge in [0.15, 0.2) is 5.13 Å². The molecule has 3 aromatic carbocycles. The molecule has 0 N–H and O–H groups in total. The topological polar surface area (TPSA) is 58.6 Å². The van der Waals surface area contributed by atoms with E-state index in [4.69, 9.17) is 14.7 Å².